The highest BCUT2D eigenvalue weighted by Crippen LogP contribution is 2.31. The summed E-state index contributed by atoms with van der Waals surface area (Å²) in [6.45, 7) is 0.878. The average Bonchev–Trinajstić information content (AvgIpc) is 3.17. The van der Waals surface area contributed by atoms with E-state index in [0.717, 1.165) is 12.8 Å². The number of benzene rings is 2. The maximum Gasteiger partial charge on any atom is 0.281 e. The maximum atomic E-state index is 12.7. The Morgan fingerprint density at radius 2 is 1.71 bits per heavy atom. The molecule has 1 aliphatic heterocycles. The Morgan fingerprint density at radius 3 is 2.39 bits per heavy atom. The van der Waals surface area contributed by atoms with Crippen LogP contribution in [-0.4, -0.2) is 56.2 Å². The highest BCUT2D eigenvalue weighted by Gasteiger charge is 2.30. The molecule has 2 aromatic carbocycles. The average molecular weight is 444 g/mol. The molecule has 0 aromatic heterocycles. The summed E-state index contributed by atoms with van der Waals surface area (Å²) in [5, 5.41) is 3.13. The predicted molar refractivity (Wildman–Crippen MR) is 119 cm³/mol. The van der Waals surface area contributed by atoms with Gasteiger partial charge in [-0.1, -0.05) is 24.3 Å². The summed E-state index contributed by atoms with van der Waals surface area (Å²) < 4.78 is 33.2. The van der Waals surface area contributed by atoms with E-state index in [9.17, 15) is 13.2 Å². The minimum absolute atomic E-state index is 0.0386. The van der Waals surface area contributed by atoms with Crippen molar-refractivity contribution in [1.29, 1.82) is 0 Å². The maximum absolute atomic E-state index is 12.7. The van der Waals surface area contributed by atoms with Crippen molar-refractivity contribution in [2.24, 2.45) is 0 Å². The summed E-state index contributed by atoms with van der Waals surface area (Å²) in [7, 11) is -0.288. The highest BCUT2D eigenvalue weighted by molar-refractivity contribution is 7.86. The van der Waals surface area contributed by atoms with Gasteiger partial charge in [-0.3, -0.25) is 4.79 Å². The number of aryl methyl sites for hydroxylation is 1. The Labute approximate surface area is 184 Å². The molecule has 1 heterocycles. The molecule has 2 aliphatic rings. The van der Waals surface area contributed by atoms with E-state index in [1.54, 1.807) is 38.4 Å². The largest absolute Gasteiger partial charge is 0.490 e. The molecule has 4 rings (SSSR count). The molecule has 1 fully saturated rings. The van der Waals surface area contributed by atoms with E-state index in [2.05, 4.69) is 17.4 Å². The van der Waals surface area contributed by atoms with Crippen LogP contribution in [0.25, 0.3) is 0 Å². The highest BCUT2D eigenvalue weighted by atomic mass is 32.2. The normalized spacial score (nSPS) is 19.9. The molecular formula is C23H29N3O4S. The van der Waals surface area contributed by atoms with Crippen LogP contribution >= 0.6 is 0 Å². The fourth-order valence-corrected chi connectivity index (χ4v) is 5.37. The Kier molecular flexibility index (Phi) is 6.31. The van der Waals surface area contributed by atoms with Crippen LogP contribution in [-0.2, 0) is 16.6 Å². The Balaban J connectivity index is 1.31. The second kappa shape index (κ2) is 8.98. The first-order valence-corrected chi connectivity index (χ1v) is 12.1. The van der Waals surface area contributed by atoms with Crippen molar-refractivity contribution < 1.29 is 17.9 Å². The minimum atomic E-state index is -3.37. The summed E-state index contributed by atoms with van der Waals surface area (Å²) in [4.78, 5) is 12.7. The second-order valence-corrected chi connectivity index (χ2v) is 10.4. The third kappa shape index (κ3) is 4.76. The van der Waals surface area contributed by atoms with E-state index in [-0.39, 0.29) is 18.1 Å². The lowest BCUT2D eigenvalue weighted by Gasteiger charge is -2.32. The van der Waals surface area contributed by atoms with Gasteiger partial charge in [0, 0.05) is 32.7 Å². The van der Waals surface area contributed by atoms with Crippen LogP contribution in [0.15, 0.2) is 48.5 Å². The first kappa shape index (κ1) is 21.8. The van der Waals surface area contributed by atoms with Gasteiger partial charge >= 0.3 is 0 Å². The fraction of sp³-hybridized carbons (Fsp3) is 0.435. The van der Waals surface area contributed by atoms with Gasteiger partial charge in [0.25, 0.3) is 16.1 Å². The summed E-state index contributed by atoms with van der Waals surface area (Å²) in [6.07, 6.45) is 3.15. The number of piperidine rings is 1. The molecule has 1 N–H and O–H groups in total. The van der Waals surface area contributed by atoms with Crippen molar-refractivity contribution in [2.75, 3.05) is 27.2 Å². The van der Waals surface area contributed by atoms with E-state index >= 15 is 0 Å². The monoisotopic (exact) mass is 443 g/mol. The number of carbonyl (C=O) groups excluding carboxylic acids is 1. The van der Waals surface area contributed by atoms with Crippen molar-refractivity contribution in [3.8, 4) is 5.75 Å². The summed E-state index contributed by atoms with van der Waals surface area (Å²) in [5.74, 6) is 0.604. The van der Waals surface area contributed by atoms with Crippen LogP contribution in [0, 0.1) is 0 Å². The van der Waals surface area contributed by atoms with Crippen LogP contribution in [0.3, 0.4) is 0 Å². The molecule has 1 atom stereocenters. The number of hydrogen-bond donors (Lipinski definition) is 1. The van der Waals surface area contributed by atoms with Gasteiger partial charge in [0.15, 0.2) is 0 Å². The molecule has 8 heteroatoms. The topological polar surface area (TPSA) is 79.0 Å². The molecular weight excluding hydrogens is 414 g/mol. The van der Waals surface area contributed by atoms with Crippen molar-refractivity contribution in [2.45, 2.75) is 37.8 Å². The summed E-state index contributed by atoms with van der Waals surface area (Å²) in [5.41, 5.74) is 3.11. The molecule has 7 nitrogen and oxygen atoms in total. The summed E-state index contributed by atoms with van der Waals surface area (Å²) >= 11 is 0. The predicted octanol–water partition coefficient (Wildman–Crippen LogP) is 2.75. The quantitative estimate of drug-likeness (QED) is 0.745. The van der Waals surface area contributed by atoms with Gasteiger partial charge in [-0.05, 0) is 61.1 Å². The van der Waals surface area contributed by atoms with Crippen molar-refractivity contribution in [3.05, 3.63) is 65.2 Å². The lowest BCUT2D eigenvalue weighted by Crippen LogP contribution is -2.46. The van der Waals surface area contributed by atoms with Crippen molar-refractivity contribution in [1.82, 2.24) is 13.9 Å². The minimum Gasteiger partial charge on any atom is -0.490 e. The molecule has 31 heavy (non-hydrogen) atoms. The van der Waals surface area contributed by atoms with Crippen LogP contribution < -0.4 is 10.1 Å². The van der Waals surface area contributed by atoms with E-state index in [1.807, 2.05) is 12.1 Å². The molecule has 1 aliphatic carbocycles. The standard InChI is InChI=1S/C23H29N3O4S/c1-25(2)31(28,29)26-15-13-20(14-16-26)30-19-10-7-18(8-11-19)23(27)24-22-12-9-17-5-3-4-6-21(17)22/h3-8,10-11,20,22H,9,12-16H2,1-2H3,(H,24,27)/t22-/m0/s1. The first-order valence-electron chi connectivity index (χ1n) is 10.7. The van der Waals surface area contributed by atoms with Gasteiger partial charge in [0.1, 0.15) is 11.9 Å². The molecule has 2 aromatic rings. The molecule has 1 amide bonds. The number of rotatable bonds is 6. The zero-order valence-electron chi connectivity index (χ0n) is 18.0. The number of hydrogen-bond acceptors (Lipinski definition) is 4. The van der Waals surface area contributed by atoms with Crippen molar-refractivity contribution >= 4 is 16.1 Å². The van der Waals surface area contributed by atoms with Gasteiger partial charge in [-0.15, -0.1) is 0 Å². The number of carbonyl (C=O) groups is 1. The zero-order valence-corrected chi connectivity index (χ0v) is 18.8. The smallest absolute Gasteiger partial charge is 0.281 e. The number of nitrogens with one attached hydrogen (secondary N) is 1. The van der Waals surface area contributed by atoms with E-state index in [0.29, 0.717) is 37.2 Å². The molecule has 1 saturated heterocycles. The molecule has 0 radical (unpaired) electrons. The van der Waals surface area contributed by atoms with Crippen LogP contribution in [0.5, 0.6) is 5.75 Å². The van der Waals surface area contributed by atoms with Gasteiger partial charge in [-0.2, -0.15) is 17.0 Å². The Hall–Kier alpha value is -2.42. The summed E-state index contributed by atoms with van der Waals surface area (Å²) in [6, 6.07) is 15.5. The molecule has 0 saturated carbocycles. The lowest BCUT2D eigenvalue weighted by atomic mass is 10.1. The Bertz CT molecular complexity index is 1030. The molecule has 0 spiro atoms. The fourth-order valence-electron chi connectivity index (χ4n) is 4.24. The first-order chi connectivity index (χ1) is 14.8. The van der Waals surface area contributed by atoms with E-state index in [4.69, 9.17) is 4.74 Å². The lowest BCUT2D eigenvalue weighted by molar-refractivity contribution is 0.0936. The number of nitrogens with zero attached hydrogens (tertiary/aromatic N) is 2. The third-order valence-corrected chi connectivity index (χ3v) is 7.99. The zero-order chi connectivity index (χ0) is 22.0. The SMILES string of the molecule is CN(C)S(=O)(=O)N1CCC(Oc2ccc(C(=O)N[C@H]3CCc4ccccc43)cc2)CC1. The van der Waals surface area contributed by atoms with Gasteiger partial charge in [0.2, 0.25) is 0 Å². The number of ether oxygens (including phenoxy) is 1. The van der Waals surface area contributed by atoms with E-state index < -0.39 is 10.2 Å². The van der Waals surface area contributed by atoms with Gasteiger partial charge < -0.3 is 10.1 Å². The van der Waals surface area contributed by atoms with E-state index in [1.165, 1.54) is 19.7 Å². The molecule has 0 bridgehead atoms. The third-order valence-electron chi connectivity index (χ3n) is 6.05. The van der Waals surface area contributed by atoms with Crippen molar-refractivity contribution in [3.63, 3.8) is 0 Å². The molecule has 166 valence electrons. The molecule has 0 unspecified atom stereocenters. The number of amides is 1. The second-order valence-electron chi connectivity index (χ2n) is 8.29. The Morgan fingerprint density at radius 1 is 1.03 bits per heavy atom. The van der Waals surface area contributed by atoms with Gasteiger partial charge in [0.05, 0.1) is 6.04 Å². The number of fused-ring (bicyclic) bond motifs is 1. The van der Waals surface area contributed by atoms with Gasteiger partial charge in [-0.25, -0.2) is 0 Å². The van der Waals surface area contributed by atoms with Crippen LogP contribution in [0.2, 0.25) is 0 Å². The van der Waals surface area contributed by atoms with Crippen LogP contribution in [0.1, 0.15) is 46.8 Å². The van der Waals surface area contributed by atoms with Crippen LogP contribution in [0.4, 0.5) is 0 Å².